The highest BCUT2D eigenvalue weighted by atomic mass is 16.6. The fourth-order valence-electron chi connectivity index (χ4n) is 2.21. The second kappa shape index (κ2) is 21.3. The molecule has 0 aliphatic carbocycles. The molecular formula is C21H39N3O8. The van der Waals surface area contributed by atoms with Crippen molar-refractivity contribution in [3.8, 4) is 11.8 Å². The number of nitrogens with two attached hydrogens (primary N) is 2. The van der Waals surface area contributed by atoms with Crippen LogP contribution in [0.15, 0.2) is 18.2 Å². The molecular weight excluding hydrogens is 422 g/mol. The predicted molar refractivity (Wildman–Crippen MR) is 118 cm³/mol. The van der Waals surface area contributed by atoms with Gasteiger partial charge in [-0.25, -0.2) is 0 Å². The molecule has 0 amide bonds. The molecule has 11 nitrogen and oxygen atoms in total. The van der Waals surface area contributed by atoms with E-state index in [0.717, 1.165) is 0 Å². The summed E-state index contributed by atoms with van der Waals surface area (Å²) in [7, 11) is 0. The van der Waals surface area contributed by atoms with Crippen LogP contribution in [-0.4, -0.2) is 104 Å². The van der Waals surface area contributed by atoms with Crippen LogP contribution in [0.2, 0.25) is 0 Å². The first-order chi connectivity index (χ1) is 15.7. The molecule has 0 bridgehead atoms. The highest BCUT2D eigenvalue weighted by Gasteiger charge is 2.01. The fourth-order valence-corrected chi connectivity index (χ4v) is 2.21. The topological polar surface area (TPSA) is 139 Å². The standard InChI is InChI=1S/C21H39N3O8/c1-19(23)30-16-13-27-11-12-29-15-18-32-21-4-2-3-20(24-21)31-17-14-28-10-9-26-8-7-25-6-5-22/h2-4,19H,5-18,22-23H2,1H3. The average molecular weight is 462 g/mol. The molecule has 4 N–H and O–H groups in total. The van der Waals surface area contributed by atoms with Gasteiger partial charge in [0, 0.05) is 18.7 Å². The van der Waals surface area contributed by atoms with Crippen molar-refractivity contribution in [3.05, 3.63) is 18.2 Å². The van der Waals surface area contributed by atoms with Gasteiger partial charge in [-0.3, -0.25) is 0 Å². The lowest BCUT2D eigenvalue weighted by atomic mass is 10.5. The van der Waals surface area contributed by atoms with E-state index in [2.05, 4.69) is 4.98 Å². The third-order valence-corrected chi connectivity index (χ3v) is 3.64. The monoisotopic (exact) mass is 461 g/mol. The summed E-state index contributed by atoms with van der Waals surface area (Å²) in [6.45, 7) is 8.45. The van der Waals surface area contributed by atoms with Crippen LogP contribution in [0.4, 0.5) is 0 Å². The van der Waals surface area contributed by atoms with Crippen molar-refractivity contribution in [2.24, 2.45) is 11.5 Å². The molecule has 0 aliphatic rings. The maximum atomic E-state index is 5.57. The third-order valence-electron chi connectivity index (χ3n) is 3.64. The van der Waals surface area contributed by atoms with E-state index in [-0.39, 0.29) is 6.23 Å². The molecule has 0 saturated heterocycles. The Balaban J connectivity index is 1.95. The third kappa shape index (κ3) is 18.0. The van der Waals surface area contributed by atoms with E-state index in [0.29, 0.717) is 104 Å². The SMILES string of the molecule is CC(N)OCCOCCOCCOc1cccc(OCCOCCOCCOCCN)n1. The quantitative estimate of drug-likeness (QED) is 0.171. The zero-order valence-corrected chi connectivity index (χ0v) is 19.1. The van der Waals surface area contributed by atoms with Crippen molar-refractivity contribution in [3.63, 3.8) is 0 Å². The first kappa shape index (κ1) is 28.5. The molecule has 32 heavy (non-hydrogen) atoms. The first-order valence-electron chi connectivity index (χ1n) is 10.9. The van der Waals surface area contributed by atoms with Crippen molar-refractivity contribution in [2.75, 3.05) is 92.4 Å². The summed E-state index contributed by atoms with van der Waals surface area (Å²) in [4.78, 5) is 4.29. The van der Waals surface area contributed by atoms with E-state index < -0.39 is 0 Å². The van der Waals surface area contributed by atoms with E-state index in [4.69, 9.17) is 49.4 Å². The smallest absolute Gasteiger partial charge is 0.216 e. The van der Waals surface area contributed by atoms with E-state index in [1.807, 2.05) is 6.07 Å². The van der Waals surface area contributed by atoms with Gasteiger partial charge in [0.25, 0.3) is 0 Å². The molecule has 0 aromatic carbocycles. The molecule has 0 saturated carbocycles. The van der Waals surface area contributed by atoms with E-state index in [1.54, 1.807) is 19.1 Å². The average Bonchev–Trinajstić information content (AvgIpc) is 2.79. The molecule has 0 radical (unpaired) electrons. The number of hydrogen-bond acceptors (Lipinski definition) is 11. The molecule has 1 atom stereocenters. The van der Waals surface area contributed by atoms with Crippen molar-refractivity contribution in [1.29, 1.82) is 0 Å². The molecule has 1 aromatic heterocycles. The van der Waals surface area contributed by atoms with Gasteiger partial charge in [0.05, 0.1) is 72.7 Å². The summed E-state index contributed by atoms with van der Waals surface area (Å²) in [6.07, 6.45) is -0.277. The van der Waals surface area contributed by atoms with Crippen LogP contribution in [0.3, 0.4) is 0 Å². The Morgan fingerprint density at radius 3 is 1.50 bits per heavy atom. The van der Waals surface area contributed by atoms with Crippen molar-refractivity contribution < 1.29 is 37.9 Å². The van der Waals surface area contributed by atoms with E-state index >= 15 is 0 Å². The van der Waals surface area contributed by atoms with Crippen molar-refractivity contribution >= 4 is 0 Å². The van der Waals surface area contributed by atoms with Gasteiger partial charge in [0.2, 0.25) is 11.8 Å². The predicted octanol–water partition coefficient (Wildman–Crippen LogP) is 0.202. The fraction of sp³-hybridized carbons (Fsp3) is 0.762. The van der Waals surface area contributed by atoms with Gasteiger partial charge in [0.15, 0.2) is 0 Å². The van der Waals surface area contributed by atoms with Gasteiger partial charge in [-0.15, -0.1) is 0 Å². The molecule has 1 aromatic rings. The second-order valence-electron chi connectivity index (χ2n) is 6.44. The Bertz CT molecular complexity index is 540. The largest absolute Gasteiger partial charge is 0.475 e. The summed E-state index contributed by atoms with van der Waals surface area (Å²) in [6, 6.07) is 5.35. The zero-order valence-electron chi connectivity index (χ0n) is 19.1. The Kier molecular flexibility index (Phi) is 18.9. The summed E-state index contributed by atoms with van der Waals surface area (Å²) in [5.74, 6) is 0.948. The minimum absolute atomic E-state index is 0.277. The molecule has 0 fully saturated rings. The summed E-state index contributed by atoms with van der Waals surface area (Å²) in [5, 5.41) is 0. The normalized spacial score (nSPS) is 12.1. The van der Waals surface area contributed by atoms with Gasteiger partial charge in [-0.05, 0) is 6.92 Å². The summed E-state index contributed by atoms with van der Waals surface area (Å²) >= 11 is 0. The minimum atomic E-state index is -0.277. The number of rotatable bonds is 23. The van der Waals surface area contributed by atoms with Gasteiger partial charge in [-0.1, -0.05) is 6.07 Å². The lowest BCUT2D eigenvalue weighted by Gasteiger charge is -2.10. The van der Waals surface area contributed by atoms with E-state index in [9.17, 15) is 0 Å². The number of pyridine rings is 1. The Labute approximate surface area is 190 Å². The van der Waals surface area contributed by atoms with Gasteiger partial charge in [0.1, 0.15) is 19.4 Å². The molecule has 186 valence electrons. The molecule has 1 unspecified atom stereocenters. The summed E-state index contributed by atoms with van der Waals surface area (Å²) < 4.78 is 43.1. The van der Waals surface area contributed by atoms with E-state index in [1.165, 1.54) is 0 Å². The molecule has 1 heterocycles. The van der Waals surface area contributed by atoms with Crippen LogP contribution in [0.5, 0.6) is 11.8 Å². The maximum Gasteiger partial charge on any atom is 0.216 e. The van der Waals surface area contributed by atoms with Crippen molar-refractivity contribution in [1.82, 2.24) is 4.98 Å². The highest BCUT2D eigenvalue weighted by molar-refractivity contribution is 5.19. The van der Waals surface area contributed by atoms with Gasteiger partial charge < -0.3 is 49.4 Å². The second-order valence-corrected chi connectivity index (χ2v) is 6.44. The van der Waals surface area contributed by atoms with Crippen LogP contribution in [0, 0.1) is 0 Å². The molecule has 0 aliphatic heterocycles. The molecule has 0 spiro atoms. The van der Waals surface area contributed by atoms with Gasteiger partial charge in [-0.2, -0.15) is 4.98 Å². The number of nitrogens with zero attached hydrogens (tertiary/aromatic N) is 1. The van der Waals surface area contributed by atoms with Crippen LogP contribution in [0.1, 0.15) is 6.92 Å². The van der Waals surface area contributed by atoms with Crippen LogP contribution in [-0.2, 0) is 28.4 Å². The molecule has 1 rings (SSSR count). The minimum Gasteiger partial charge on any atom is -0.475 e. The van der Waals surface area contributed by atoms with Crippen LogP contribution in [0.25, 0.3) is 0 Å². The zero-order chi connectivity index (χ0) is 23.1. The highest BCUT2D eigenvalue weighted by Crippen LogP contribution is 2.13. The summed E-state index contributed by atoms with van der Waals surface area (Å²) in [5.41, 5.74) is 10.8. The Morgan fingerprint density at radius 1 is 0.656 bits per heavy atom. The molecule has 11 heteroatoms. The lowest BCUT2D eigenvalue weighted by Crippen LogP contribution is -2.22. The Hall–Kier alpha value is -1.57. The number of ether oxygens (including phenoxy) is 8. The number of aromatic nitrogens is 1. The lowest BCUT2D eigenvalue weighted by molar-refractivity contribution is -0.00748. The van der Waals surface area contributed by atoms with Crippen LogP contribution < -0.4 is 20.9 Å². The Morgan fingerprint density at radius 2 is 1.06 bits per heavy atom. The van der Waals surface area contributed by atoms with Gasteiger partial charge >= 0.3 is 0 Å². The first-order valence-corrected chi connectivity index (χ1v) is 10.9. The van der Waals surface area contributed by atoms with Crippen LogP contribution >= 0.6 is 0 Å². The number of hydrogen-bond donors (Lipinski definition) is 2. The maximum absolute atomic E-state index is 5.57. The van der Waals surface area contributed by atoms with Crippen molar-refractivity contribution in [2.45, 2.75) is 13.2 Å².